The molecule has 15 heavy (non-hydrogen) atoms. The van der Waals surface area contributed by atoms with Crippen molar-refractivity contribution in [3.63, 3.8) is 0 Å². The third-order valence-corrected chi connectivity index (χ3v) is 3.57. The molecule has 0 radical (unpaired) electrons. The first-order valence-electron chi connectivity index (χ1n) is 6.03. The molecule has 0 aromatic heterocycles. The van der Waals surface area contributed by atoms with Crippen LogP contribution in [0.2, 0.25) is 0 Å². The molecule has 0 N–H and O–H groups in total. The molecule has 0 amide bonds. The maximum atomic E-state index is 10.9. The van der Waals surface area contributed by atoms with Crippen molar-refractivity contribution in [2.45, 2.75) is 66.9 Å². The molecule has 0 aromatic rings. The van der Waals surface area contributed by atoms with Crippen LogP contribution in [0.3, 0.4) is 0 Å². The summed E-state index contributed by atoms with van der Waals surface area (Å²) in [5, 5.41) is 0. The van der Waals surface area contributed by atoms with Gasteiger partial charge in [-0.3, -0.25) is 4.79 Å². The van der Waals surface area contributed by atoms with Gasteiger partial charge in [-0.25, -0.2) is 0 Å². The van der Waals surface area contributed by atoms with E-state index in [1.807, 2.05) is 6.92 Å². The molecule has 0 aromatic carbocycles. The fourth-order valence-electron chi connectivity index (χ4n) is 2.18. The quantitative estimate of drug-likeness (QED) is 0.629. The second-order valence-electron chi connectivity index (χ2n) is 4.97. The predicted octanol–water partition coefficient (Wildman–Crippen LogP) is 3.79. The van der Waals surface area contributed by atoms with Crippen LogP contribution in [0, 0.1) is 11.3 Å². The lowest BCUT2D eigenvalue weighted by atomic mass is 9.71. The predicted molar refractivity (Wildman–Crippen MR) is 63.7 cm³/mol. The zero-order chi connectivity index (χ0) is 12.1. The van der Waals surface area contributed by atoms with Crippen LogP contribution in [0.15, 0.2) is 0 Å². The molecule has 0 spiro atoms. The lowest BCUT2D eigenvalue weighted by molar-refractivity contribution is -0.153. The molecule has 2 heteroatoms. The molecule has 0 rings (SSSR count). The fourth-order valence-corrected chi connectivity index (χ4v) is 2.18. The van der Waals surface area contributed by atoms with Crippen LogP contribution in [-0.2, 0) is 9.53 Å². The van der Waals surface area contributed by atoms with Gasteiger partial charge in [0.25, 0.3) is 0 Å². The summed E-state index contributed by atoms with van der Waals surface area (Å²) in [5.41, 5.74) is 0.0659. The molecule has 0 heterocycles. The topological polar surface area (TPSA) is 26.3 Å². The van der Waals surface area contributed by atoms with E-state index >= 15 is 0 Å². The van der Waals surface area contributed by atoms with Crippen LogP contribution in [0.4, 0.5) is 0 Å². The lowest BCUT2D eigenvalue weighted by Crippen LogP contribution is -2.37. The summed E-state index contributed by atoms with van der Waals surface area (Å²) in [4.78, 5) is 10.9. The number of hydrogen-bond acceptors (Lipinski definition) is 2. The van der Waals surface area contributed by atoms with Gasteiger partial charge in [0, 0.05) is 12.3 Å². The lowest BCUT2D eigenvalue weighted by Gasteiger charge is -2.38. The van der Waals surface area contributed by atoms with Crippen molar-refractivity contribution >= 4 is 5.97 Å². The Kier molecular flexibility index (Phi) is 5.92. The highest BCUT2D eigenvalue weighted by Crippen LogP contribution is 2.37. The summed E-state index contributed by atoms with van der Waals surface area (Å²) in [6, 6.07) is 0. The van der Waals surface area contributed by atoms with Gasteiger partial charge >= 0.3 is 5.97 Å². The summed E-state index contributed by atoms with van der Waals surface area (Å²) < 4.78 is 5.31. The van der Waals surface area contributed by atoms with Crippen molar-refractivity contribution in [2.75, 3.05) is 0 Å². The summed E-state index contributed by atoms with van der Waals surface area (Å²) in [7, 11) is 0. The molecule has 2 unspecified atom stereocenters. The van der Waals surface area contributed by atoms with E-state index in [4.69, 9.17) is 4.74 Å². The zero-order valence-corrected chi connectivity index (χ0v) is 11.1. The molecule has 2 nitrogen and oxygen atoms in total. The van der Waals surface area contributed by atoms with Crippen molar-refractivity contribution in [1.29, 1.82) is 0 Å². The van der Waals surface area contributed by atoms with Crippen molar-refractivity contribution in [1.82, 2.24) is 0 Å². The van der Waals surface area contributed by atoms with E-state index in [0.717, 1.165) is 6.42 Å². The third-order valence-electron chi connectivity index (χ3n) is 3.57. The largest absolute Gasteiger partial charge is 0.462 e. The Labute approximate surface area is 94.4 Å². The van der Waals surface area contributed by atoms with E-state index in [0.29, 0.717) is 5.92 Å². The first-order chi connectivity index (χ1) is 6.86. The average molecular weight is 214 g/mol. The number of hydrogen-bond donors (Lipinski definition) is 0. The van der Waals surface area contributed by atoms with Gasteiger partial charge < -0.3 is 4.74 Å². The summed E-state index contributed by atoms with van der Waals surface area (Å²) >= 11 is 0. The number of esters is 1. The zero-order valence-electron chi connectivity index (χ0n) is 11.1. The second-order valence-corrected chi connectivity index (χ2v) is 4.97. The Morgan fingerprint density at radius 1 is 1.33 bits per heavy atom. The number of carbonyl (C=O) groups excluding carboxylic acids is 1. The summed E-state index contributed by atoms with van der Waals surface area (Å²) in [6.07, 6.45) is 3.53. The highest BCUT2D eigenvalue weighted by molar-refractivity contribution is 5.66. The first-order valence-corrected chi connectivity index (χ1v) is 6.03. The van der Waals surface area contributed by atoms with E-state index < -0.39 is 0 Å². The van der Waals surface area contributed by atoms with Crippen molar-refractivity contribution in [3.8, 4) is 0 Å². The van der Waals surface area contributed by atoms with Gasteiger partial charge in [-0.1, -0.05) is 47.0 Å². The number of carbonyl (C=O) groups is 1. The van der Waals surface area contributed by atoms with Crippen LogP contribution >= 0.6 is 0 Å². The van der Waals surface area contributed by atoms with Crippen molar-refractivity contribution in [3.05, 3.63) is 0 Å². The van der Waals surface area contributed by atoms with Gasteiger partial charge in [-0.2, -0.15) is 0 Å². The van der Waals surface area contributed by atoms with Gasteiger partial charge in [0.15, 0.2) is 0 Å². The monoisotopic (exact) mass is 214 g/mol. The van der Waals surface area contributed by atoms with Crippen LogP contribution in [0.25, 0.3) is 0 Å². The Hall–Kier alpha value is -0.530. The normalized spacial score (nSPS) is 15.9. The fraction of sp³-hybridized carbons (Fsp3) is 0.923. The minimum absolute atomic E-state index is 0.00787. The van der Waals surface area contributed by atoms with E-state index in [1.54, 1.807) is 0 Å². The van der Waals surface area contributed by atoms with Crippen molar-refractivity contribution < 1.29 is 9.53 Å². The van der Waals surface area contributed by atoms with Crippen LogP contribution in [0.5, 0.6) is 0 Å². The second kappa shape index (κ2) is 6.14. The molecule has 0 aliphatic heterocycles. The molecule has 0 saturated carbocycles. The summed E-state index contributed by atoms with van der Waals surface area (Å²) in [6.45, 7) is 12.3. The van der Waals surface area contributed by atoms with Gasteiger partial charge in [0.2, 0.25) is 0 Å². The molecule has 0 aliphatic carbocycles. The Morgan fingerprint density at radius 3 is 2.20 bits per heavy atom. The van der Waals surface area contributed by atoms with Crippen molar-refractivity contribution in [2.24, 2.45) is 11.3 Å². The molecular formula is C13H26O2. The van der Waals surface area contributed by atoms with Crippen LogP contribution < -0.4 is 0 Å². The molecule has 0 fully saturated rings. The SMILES string of the molecule is CCCC(CC)C(C)(C)C(C)OC(C)=O. The van der Waals surface area contributed by atoms with E-state index in [2.05, 4.69) is 27.7 Å². The summed E-state index contributed by atoms with van der Waals surface area (Å²) in [5.74, 6) is 0.443. The van der Waals surface area contributed by atoms with E-state index in [9.17, 15) is 4.79 Å². The van der Waals surface area contributed by atoms with Crippen LogP contribution in [-0.4, -0.2) is 12.1 Å². The Morgan fingerprint density at radius 2 is 1.87 bits per heavy atom. The highest BCUT2D eigenvalue weighted by atomic mass is 16.5. The molecule has 0 aliphatic rings. The van der Waals surface area contributed by atoms with Gasteiger partial charge in [-0.15, -0.1) is 0 Å². The Bertz CT molecular complexity index is 197. The molecule has 2 atom stereocenters. The van der Waals surface area contributed by atoms with Gasteiger partial charge in [0.05, 0.1) is 0 Å². The molecule has 0 bridgehead atoms. The van der Waals surface area contributed by atoms with Gasteiger partial charge in [0.1, 0.15) is 6.10 Å². The van der Waals surface area contributed by atoms with E-state index in [-0.39, 0.29) is 17.5 Å². The Balaban J connectivity index is 4.52. The third kappa shape index (κ3) is 4.23. The van der Waals surface area contributed by atoms with Crippen LogP contribution in [0.1, 0.15) is 60.8 Å². The maximum absolute atomic E-state index is 10.9. The molecular weight excluding hydrogens is 188 g/mol. The minimum atomic E-state index is -0.179. The minimum Gasteiger partial charge on any atom is -0.462 e. The highest BCUT2D eigenvalue weighted by Gasteiger charge is 2.35. The molecule has 90 valence electrons. The smallest absolute Gasteiger partial charge is 0.302 e. The number of rotatable bonds is 6. The number of ether oxygens (including phenoxy) is 1. The van der Waals surface area contributed by atoms with Gasteiger partial charge in [-0.05, 0) is 12.8 Å². The molecule has 0 saturated heterocycles. The first kappa shape index (κ1) is 14.5. The van der Waals surface area contributed by atoms with E-state index in [1.165, 1.54) is 19.8 Å². The maximum Gasteiger partial charge on any atom is 0.302 e. The standard InChI is InChI=1S/C13H26O2/c1-7-9-12(8-2)13(5,6)10(3)15-11(4)14/h10,12H,7-9H2,1-6H3. The average Bonchev–Trinajstić information content (AvgIpc) is 2.12.